The van der Waals surface area contributed by atoms with Crippen LogP contribution in [0.25, 0.3) is 28.1 Å². The molecular weight excluding hydrogens is 409 g/mol. The van der Waals surface area contributed by atoms with E-state index >= 15 is 0 Å². The van der Waals surface area contributed by atoms with Crippen LogP contribution in [0.2, 0.25) is 0 Å². The van der Waals surface area contributed by atoms with E-state index in [1.165, 1.54) is 0 Å². The average Bonchev–Trinajstić information content (AvgIpc) is 3.39. The molecular formula is C23H26FN7O. The van der Waals surface area contributed by atoms with Crippen molar-refractivity contribution in [2.75, 3.05) is 29.9 Å². The van der Waals surface area contributed by atoms with Crippen molar-refractivity contribution in [2.45, 2.75) is 38.9 Å². The van der Waals surface area contributed by atoms with Gasteiger partial charge in [0.05, 0.1) is 35.4 Å². The lowest BCUT2D eigenvalue weighted by molar-refractivity contribution is 0.233. The monoisotopic (exact) mass is 435 g/mol. The van der Waals surface area contributed by atoms with Gasteiger partial charge in [0.15, 0.2) is 5.65 Å². The van der Waals surface area contributed by atoms with E-state index in [0.717, 1.165) is 16.7 Å². The lowest BCUT2D eigenvalue weighted by Gasteiger charge is -2.26. The van der Waals surface area contributed by atoms with Gasteiger partial charge in [0.25, 0.3) is 0 Å². The van der Waals surface area contributed by atoms with E-state index in [0.29, 0.717) is 48.2 Å². The SMILES string of the molecule is Cc1nc2ccccc2nc1-c1cc2nc(N3CC[C@@H](F)C3)cc(NC(C)(C)CO)n2n1. The molecule has 4 aromatic rings. The van der Waals surface area contributed by atoms with Crippen LogP contribution in [0, 0.1) is 6.92 Å². The van der Waals surface area contributed by atoms with Gasteiger partial charge in [0.2, 0.25) is 0 Å². The maximum atomic E-state index is 13.8. The fraction of sp³-hybridized carbons (Fsp3) is 0.391. The first-order valence-electron chi connectivity index (χ1n) is 10.8. The molecule has 0 radical (unpaired) electrons. The summed E-state index contributed by atoms with van der Waals surface area (Å²) in [5, 5.41) is 17.9. The number of nitrogens with one attached hydrogen (secondary N) is 1. The lowest BCUT2D eigenvalue weighted by Crippen LogP contribution is -2.36. The van der Waals surface area contributed by atoms with Crippen molar-refractivity contribution in [3.63, 3.8) is 0 Å². The second-order valence-electron chi connectivity index (χ2n) is 8.94. The summed E-state index contributed by atoms with van der Waals surface area (Å²) in [5.41, 5.74) is 3.78. The Balaban J connectivity index is 1.65. The number of aryl methyl sites for hydroxylation is 1. The molecule has 4 heterocycles. The number of hydrogen-bond donors (Lipinski definition) is 2. The zero-order valence-electron chi connectivity index (χ0n) is 18.4. The zero-order chi connectivity index (χ0) is 22.5. The largest absolute Gasteiger partial charge is 0.394 e. The van der Waals surface area contributed by atoms with Crippen molar-refractivity contribution in [2.24, 2.45) is 0 Å². The smallest absolute Gasteiger partial charge is 0.160 e. The molecule has 2 N–H and O–H groups in total. The Morgan fingerprint density at radius 3 is 2.59 bits per heavy atom. The van der Waals surface area contributed by atoms with Crippen molar-refractivity contribution in [1.82, 2.24) is 24.6 Å². The number of aromatic nitrogens is 5. The minimum absolute atomic E-state index is 0.0637. The lowest BCUT2D eigenvalue weighted by atomic mass is 10.1. The number of alkyl halides is 1. The van der Waals surface area contributed by atoms with Crippen LogP contribution in [0.4, 0.5) is 16.0 Å². The third kappa shape index (κ3) is 3.73. The number of hydrogen-bond acceptors (Lipinski definition) is 7. The van der Waals surface area contributed by atoms with Gasteiger partial charge in [-0.05, 0) is 39.3 Å². The molecule has 3 aromatic heterocycles. The normalized spacial score (nSPS) is 16.9. The van der Waals surface area contributed by atoms with E-state index < -0.39 is 11.7 Å². The first kappa shape index (κ1) is 20.6. The standard InChI is InChI=1S/C23H26FN7O/c1-14-22(26-17-7-5-4-6-16(17)25-14)18-10-20-27-19(30-9-8-15(24)12-30)11-21(31(20)29-18)28-23(2,3)13-32/h4-7,10-11,15,28,32H,8-9,12-13H2,1-3H3/t15-/m1/s1. The molecule has 166 valence electrons. The molecule has 32 heavy (non-hydrogen) atoms. The number of para-hydroxylation sites is 2. The van der Waals surface area contributed by atoms with Crippen molar-refractivity contribution < 1.29 is 9.50 Å². The highest BCUT2D eigenvalue weighted by molar-refractivity contribution is 5.78. The maximum Gasteiger partial charge on any atom is 0.160 e. The average molecular weight is 436 g/mol. The number of halogens is 1. The summed E-state index contributed by atoms with van der Waals surface area (Å²) >= 11 is 0. The quantitative estimate of drug-likeness (QED) is 0.497. The van der Waals surface area contributed by atoms with Gasteiger partial charge >= 0.3 is 0 Å². The van der Waals surface area contributed by atoms with Gasteiger partial charge in [-0.15, -0.1) is 0 Å². The first-order chi connectivity index (χ1) is 15.3. The van der Waals surface area contributed by atoms with Crippen LogP contribution < -0.4 is 10.2 Å². The van der Waals surface area contributed by atoms with Crippen LogP contribution in [0.1, 0.15) is 26.0 Å². The molecule has 1 aromatic carbocycles. The van der Waals surface area contributed by atoms with Gasteiger partial charge in [0, 0.05) is 18.7 Å². The van der Waals surface area contributed by atoms with Crippen LogP contribution in [-0.2, 0) is 0 Å². The summed E-state index contributed by atoms with van der Waals surface area (Å²) in [5.74, 6) is 1.35. The molecule has 1 aliphatic rings. The maximum absolute atomic E-state index is 13.8. The highest BCUT2D eigenvalue weighted by atomic mass is 19.1. The molecule has 0 saturated carbocycles. The number of anilines is 2. The van der Waals surface area contributed by atoms with Crippen LogP contribution >= 0.6 is 0 Å². The Morgan fingerprint density at radius 1 is 1.16 bits per heavy atom. The van der Waals surface area contributed by atoms with Crippen molar-refractivity contribution >= 4 is 28.3 Å². The molecule has 0 amide bonds. The van der Waals surface area contributed by atoms with Crippen LogP contribution in [-0.4, -0.2) is 61.1 Å². The van der Waals surface area contributed by atoms with E-state index in [2.05, 4.69) is 10.3 Å². The second-order valence-corrected chi connectivity index (χ2v) is 8.94. The molecule has 9 heteroatoms. The zero-order valence-corrected chi connectivity index (χ0v) is 18.4. The van der Waals surface area contributed by atoms with Gasteiger partial charge in [0.1, 0.15) is 29.2 Å². The van der Waals surface area contributed by atoms with Gasteiger partial charge < -0.3 is 15.3 Å². The van der Waals surface area contributed by atoms with Gasteiger partial charge in [-0.3, -0.25) is 0 Å². The highest BCUT2D eigenvalue weighted by Gasteiger charge is 2.26. The number of rotatable bonds is 5. The topological polar surface area (TPSA) is 91.5 Å². The summed E-state index contributed by atoms with van der Waals surface area (Å²) < 4.78 is 15.6. The minimum Gasteiger partial charge on any atom is -0.394 e. The number of benzene rings is 1. The van der Waals surface area contributed by atoms with Crippen LogP contribution in [0.15, 0.2) is 36.4 Å². The summed E-state index contributed by atoms with van der Waals surface area (Å²) in [7, 11) is 0. The molecule has 0 bridgehead atoms. The summed E-state index contributed by atoms with van der Waals surface area (Å²) in [4.78, 5) is 16.2. The molecule has 1 aliphatic heterocycles. The van der Waals surface area contributed by atoms with Crippen molar-refractivity contribution in [3.8, 4) is 11.4 Å². The van der Waals surface area contributed by atoms with E-state index in [9.17, 15) is 9.50 Å². The number of fused-ring (bicyclic) bond motifs is 2. The van der Waals surface area contributed by atoms with Crippen molar-refractivity contribution in [3.05, 3.63) is 42.1 Å². The molecule has 1 atom stereocenters. The summed E-state index contributed by atoms with van der Waals surface area (Å²) in [6, 6.07) is 11.5. The van der Waals surface area contributed by atoms with Gasteiger partial charge in [-0.25, -0.2) is 19.3 Å². The Hall–Kier alpha value is -3.33. The van der Waals surface area contributed by atoms with Crippen LogP contribution in [0.3, 0.4) is 0 Å². The van der Waals surface area contributed by atoms with Gasteiger partial charge in [-0.1, -0.05) is 12.1 Å². The predicted molar refractivity (Wildman–Crippen MR) is 123 cm³/mol. The third-order valence-electron chi connectivity index (χ3n) is 5.72. The molecule has 0 unspecified atom stereocenters. The van der Waals surface area contributed by atoms with Gasteiger partial charge in [-0.2, -0.15) is 9.61 Å². The molecule has 5 rings (SSSR count). The van der Waals surface area contributed by atoms with E-state index in [1.54, 1.807) is 4.52 Å². The van der Waals surface area contributed by atoms with Crippen LogP contribution in [0.5, 0.6) is 0 Å². The molecule has 0 spiro atoms. The Labute approximate surface area is 185 Å². The fourth-order valence-electron chi connectivity index (χ4n) is 3.97. The molecule has 8 nitrogen and oxygen atoms in total. The number of aliphatic hydroxyl groups is 1. The van der Waals surface area contributed by atoms with E-state index in [4.69, 9.17) is 15.1 Å². The van der Waals surface area contributed by atoms with E-state index in [1.807, 2.05) is 62.1 Å². The summed E-state index contributed by atoms with van der Waals surface area (Å²) in [6.07, 6.45) is -0.358. The Kier molecular flexibility index (Phi) is 4.93. The Bertz CT molecular complexity index is 1300. The number of aliphatic hydroxyl groups excluding tert-OH is 1. The number of nitrogens with zero attached hydrogens (tertiary/aromatic N) is 6. The summed E-state index contributed by atoms with van der Waals surface area (Å²) in [6.45, 7) is 6.58. The molecule has 0 aliphatic carbocycles. The first-order valence-corrected chi connectivity index (χ1v) is 10.8. The highest BCUT2D eigenvalue weighted by Crippen LogP contribution is 2.29. The third-order valence-corrected chi connectivity index (χ3v) is 5.72. The van der Waals surface area contributed by atoms with E-state index in [-0.39, 0.29) is 6.61 Å². The Morgan fingerprint density at radius 2 is 1.91 bits per heavy atom. The van der Waals surface area contributed by atoms with Crippen molar-refractivity contribution in [1.29, 1.82) is 0 Å². The second kappa shape index (κ2) is 7.67. The fourth-order valence-corrected chi connectivity index (χ4v) is 3.97. The molecule has 1 saturated heterocycles. The minimum atomic E-state index is -0.852. The predicted octanol–water partition coefficient (Wildman–Crippen LogP) is 3.38. The molecule has 1 fully saturated rings.